The number of rotatable bonds is 3. The Hall–Kier alpha value is -1.99. The molecule has 3 aromatic carbocycles. The maximum Gasteiger partial charge on any atom is 0.0491 e. The third-order valence-electron chi connectivity index (χ3n) is 3.56. The van der Waals surface area contributed by atoms with E-state index in [-0.39, 0.29) is 12.1 Å². The molecule has 3 heteroatoms. The fraction of sp³-hybridized carbons (Fsp3) is 0.100. The minimum absolute atomic E-state index is 0.163. The Labute approximate surface area is 140 Å². The van der Waals surface area contributed by atoms with Crippen LogP contribution < -0.4 is 16.8 Å². The van der Waals surface area contributed by atoms with Gasteiger partial charge in [-0.1, -0.05) is 91.0 Å². The molecule has 118 valence electrons. The second-order valence-electron chi connectivity index (χ2n) is 5.28. The summed E-state index contributed by atoms with van der Waals surface area (Å²) in [6.45, 7) is 0. The van der Waals surface area contributed by atoms with Gasteiger partial charge in [0.15, 0.2) is 0 Å². The molecule has 3 aromatic rings. The average Bonchev–Trinajstić information content (AvgIpc) is 2.63. The molecule has 0 radical (unpaired) electrons. The standard InChI is InChI=1S/C14H16N2.C6H7P/c15-13(11-7-3-1-4-8-11)14(16)12-9-5-2-6-10-12;7-6-4-2-1-3-5-6/h1-10,13-14H,15-16H2;1-5H,7H2. The highest BCUT2D eigenvalue weighted by Crippen LogP contribution is 2.23. The predicted molar refractivity (Wildman–Crippen MR) is 103 cm³/mol. The van der Waals surface area contributed by atoms with E-state index in [1.807, 2.05) is 91.0 Å². The van der Waals surface area contributed by atoms with Gasteiger partial charge in [0.2, 0.25) is 0 Å². The number of benzene rings is 3. The van der Waals surface area contributed by atoms with Crippen molar-refractivity contribution in [1.82, 2.24) is 0 Å². The first kappa shape index (κ1) is 17.4. The molecule has 0 fully saturated rings. The molecule has 0 aliphatic rings. The first-order valence-electron chi connectivity index (χ1n) is 7.60. The van der Waals surface area contributed by atoms with E-state index < -0.39 is 0 Å². The van der Waals surface area contributed by atoms with E-state index in [9.17, 15) is 0 Å². The quantitative estimate of drug-likeness (QED) is 0.724. The van der Waals surface area contributed by atoms with Crippen LogP contribution in [0.2, 0.25) is 0 Å². The molecule has 0 amide bonds. The minimum Gasteiger partial charge on any atom is -0.322 e. The van der Waals surface area contributed by atoms with Gasteiger partial charge in [-0.2, -0.15) is 0 Å². The number of hydrogen-bond donors (Lipinski definition) is 2. The fourth-order valence-corrected chi connectivity index (χ4v) is 2.44. The molecular weight excluding hydrogens is 299 g/mol. The molecule has 0 saturated heterocycles. The van der Waals surface area contributed by atoms with E-state index in [4.69, 9.17) is 11.5 Å². The number of nitrogens with two attached hydrogens (primary N) is 2. The molecule has 23 heavy (non-hydrogen) atoms. The monoisotopic (exact) mass is 322 g/mol. The second-order valence-corrected chi connectivity index (χ2v) is 5.95. The lowest BCUT2D eigenvalue weighted by Gasteiger charge is -2.20. The van der Waals surface area contributed by atoms with Crippen LogP contribution >= 0.6 is 9.24 Å². The Balaban J connectivity index is 0.000000229. The Morgan fingerprint density at radius 3 is 1.09 bits per heavy atom. The lowest BCUT2D eigenvalue weighted by atomic mass is 9.95. The van der Waals surface area contributed by atoms with Crippen molar-refractivity contribution in [3.8, 4) is 0 Å². The summed E-state index contributed by atoms with van der Waals surface area (Å²) in [4.78, 5) is 0. The zero-order valence-corrected chi connectivity index (χ0v) is 14.2. The Bertz CT molecular complexity index is 628. The summed E-state index contributed by atoms with van der Waals surface area (Å²) in [6, 6.07) is 29.7. The van der Waals surface area contributed by atoms with Crippen molar-refractivity contribution in [2.75, 3.05) is 0 Å². The van der Waals surface area contributed by atoms with Gasteiger partial charge in [0.05, 0.1) is 0 Å². The maximum absolute atomic E-state index is 6.15. The highest BCUT2D eigenvalue weighted by Gasteiger charge is 2.16. The van der Waals surface area contributed by atoms with Crippen molar-refractivity contribution in [3.63, 3.8) is 0 Å². The van der Waals surface area contributed by atoms with Gasteiger partial charge in [-0.05, 0) is 16.4 Å². The first-order valence-corrected chi connectivity index (χ1v) is 8.18. The Morgan fingerprint density at radius 2 is 0.826 bits per heavy atom. The van der Waals surface area contributed by atoms with Crippen LogP contribution in [0.4, 0.5) is 0 Å². The normalized spacial score (nSPS) is 12.7. The van der Waals surface area contributed by atoms with Gasteiger partial charge >= 0.3 is 0 Å². The molecule has 0 spiro atoms. The van der Waals surface area contributed by atoms with Crippen LogP contribution in [-0.2, 0) is 0 Å². The topological polar surface area (TPSA) is 52.0 Å². The Morgan fingerprint density at radius 1 is 0.522 bits per heavy atom. The lowest BCUT2D eigenvalue weighted by Crippen LogP contribution is -2.26. The van der Waals surface area contributed by atoms with Gasteiger partial charge in [-0.3, -0.25) is 0 Å². The van der Waals surface area contributed by atoms with E-state index in [1.165, 1.54) is 5.30 Å². The smallest absolute Gasteiger partial charge is 0.0491 e. The molecule has 3 rings (SSSR count). The summed E-state index contributed by atoms with van der Waals surface area (Å²) < 4.78 is 0. The van der Waals surface area contributed by atoms with Crippen LogP contribution in [0.1, 0.15) is 23.2 Å². The van der Waals surface area contributed by atoms with Crippen molar-refractivity contribution >= 4 is 14.5 Å². The molecule has 4 N–H and O–H groups in total. The van der Waals surface area contributed by atoms with Crippen LogP contribution in [-0.4, -0.2) is 0 Å². The van der Waals surface area contributed by atoms with E-state index in [0.717, 1.165) is 11.1 Å². The van der Waals surface area contributed by atoms with Gasteiger partial charge in [-0.15, -0.1) is 9.24 Å². The number of hydrogen-bond acceptors (Lipinski definition) is 2. The predicted octanol–water partition coefficient (Wildman–Crippen LogP) is 3.57. The maximum atomic E-state index is 6.15. The molecule has 0 bridgehead atoms. The van der Waals surface area contributed by atoms with E-state index >= 15 is 0 Å². The third-order valence-corrected chi connectivity index (χ3v) is 3.94. The summed E-state index contributed by atoms with van der Waals surface area (Å²) in [5.41, 5.74) is 14.4. The van der Waals surface area contributed by atoms with E-state index in [2.05, 4.69) is 9.24 Å². The second kappa shape index (κ2) is 9.22. The minimum atomic E-state index is -0.163. The zero-order valence-electron chi connectivity index (χ0n) is 13.0. The van der Waals surface area contributed by atoms with Crippen LogP contribution in [0.5, 0.6) is 0 Å². The molecule has 2 nitrogen and oxygen atoms in total. The molecule has 3 unspecified atom stereocenters. The van der Waals surface area contributed by atoms with Crippen molar-refractivity contribution < 1.29 is 0 Å². The highest BCUT2D eigenvalue weighted by atomic mass is 31.0. The summed E-state index contributed by atoms with van der Waals surface area (Å²) in [5, 5.41) is 1.24. The van der Waals surface area contributed by atoms with E-state index in [0.29, 0.717) is 0 Å². The summed E-state index contributed by atoms with van der Waals surface area (Å²) >= 11 is 0. The van der Waals surface area contributed by atoms with Gasteiger partial charge in [0.25, 0.3) is 0 Å². The molecule has 0 aliphatic heterocycles. The molecule has 3 atom stereocenters. The van der Waals surface area contributed by atoms with Crippen molar-refractivity contribution in [2.24, 2.45) is 11.5 Å². The van der Waals surface area contributed by atoms with Gasteiger partial charge < -0.3 is 11.5 Å². The SMILES string of the molecule is NC(c1ccccc1)C(N)c1ccccc1.Pc1ccccc1. The molecule has 0 aromatic heterocycles. The largest absolute Gasteiger partial charge is 0.322 e. The average molecular weight is 322 g/mol. The van der Waals surface area contributed by atoms with Crippen LogP contribution in [0.25, 0.3) is 0 Å². The van der Waals surface area contributed by atoms with Crippen molar-refractivity contribution in [3.05, 3.63) is 102 Å². The lowest BCUT2D eigenvalue weighted by molar-refractivity contribution is 0.574. The molecule has 0 aliphatic carbocycles. The third kappa shape index (κ3) is 5.61. The molecule has 0 heterocycles. The summed E-state index contributed by atoms with van der Waals surface area (Å²) in [6.07, 6.45) is 0. The van der Waals surface area contributed by atoms with E-state index in [1.54, 1.807) is 0 Å². The van der Waals surface area contributed by atoms with Gasteiger partial charge in [-0.25, -0.2) is 0 Å². The zero-order chi connectivity index (χ0) is 16.5. The fourth-order valence-electron chi connectivity index (χ4n) is 2.22. The summed E-state index contributed by atoms with van der Waals surface area (Å²) in [7, 11) is 2.63. The van der Waals surface area contributed by atoms with Gasteiger partial charge in [0, 0.05) is 12.1 Å². The molecular formula is C20H23N2P. The van der Waals surface area contributed by atoms with Crippen molar-refractivity contribution in [2.45, 2.75) is 12.1 Å². The van der Waals surface area contributed by atoms with Crippen LogP contribution in [0.3, 0.4) is 0 Å². The highest BCUT2D eigenvalue weighted by molar-refractivity contribution is 7.27. The van der Waals surface area contributed by atoms with Crippen molar-refractivity contribution in [1.29, 1.82) is 0 Å². The van der Waals surface area contributed by atoms with Crippen LogP contribution in [0.15, 0.2) is 91.0 Å². The summed E-state index contributed by atoms with van der Waals surface area (Å²) in [5.74, 6) is 0. The first-order chi connectivity index (χ1) is 11.2. The van der Waals surface area contributed by atoms with Gasteiger partial charge in [0.1, 0.15) is 0 Å². The van der Waals surface area contributed by atoms with Crippen LogP contribution in [0, 0.1) is 0 Å². The molecule has 0 saturated carbocycles. The Kier molecular flexibility index (Phi) is 6.96.